The van der Waals surface area contributed by atoms with E-state index in [0.717, 1.165) is 11.1 Å². The summed E-state index contributed by atoms with van der Waals surface area (Å²) in [5.41, 5.74) is 6.57. The minimum absolute atomic E-state index is 0.0396. The van der Waals surface area contributed by atoms with Crippen LogP contribution in [-0.4, -0.2) is 25.0 Å². The van der Waals surface area contributed by atoms with Gasteiger partial charge in [0.25, 0.3) is 0 Å². The van der Waals surface area contributed by atoms with E-state index in [4.69, 9.17) is 4.74 Å². The van der Waals surface area contributed by atoms with E-state index in [1.54, 1.807) is 6.92 Å². The zero-order valence-corrected chi connectivity index (χ0v) is 17.4. The van der Waals surface area contributed by atoms with Gasteiger partial charge < -0.3 is 10.1 Å². The maximum absolute atomic E-state index is 12.1. The second-order valence-corrected chi connectivity index (χ2v) is 7.56. The lowest BCUT2D eigenvalue weighted by molar-refractivity contribution is -0.116. The molecule has 0 aliphatic heterocycles. The van der Waals surface area contributed by atoms with E-state index in [1.165, 1.54) is 22.3 Å². The largest absolute Gasteiger partial charge is 0.449 e. The average Bonchev–Trinajstić information content (AvgIpc) is 3.10. The number of ether oxygens (including phenoxy) is 1. The highest BCUT2D eigenvalue weighted by atomic mass is 16.5. The van der Waals surface area contributed by atoms with Gasteiger partial charge in [-0.05, 0) is 46.9 Å². The Bertz CT molecular complexity index is 1120. The van der Waals surface area contributed by atoms with Crippen molar-refractivity contribution < 1.29 is 14.3 Å². The van der Waals surface area contributed by atoms with Crippen LogP contribution < -0.4 is 5.32 Å². The van der Waals surface area contributed by atoms with Crippen LogP contribution in [-0.2, 0) is 16.0 Å². The van der Waals surface area contributed by atoms with Crippen molar-refractivity contribution >= 4 is 11.9 Å². The van der Waals surface area contributed by atoms with Crippen molar-refractivity contribution in [2.24, 2.45) is 0 Å². The van der Waals surface area contributed by atoms with Crippen molar-refractivity contribution in [3.05, 3.63) is 95.1 Å². The summed E-state index contributed by atoms with van der Waals surface area (Å²) in [4.78, 5) is 23.3. The standard InChI is InChI=1S/C27H23NO3/c1-19(29)17-21-14-12-20(13-15-21)7-6-16-28-27(30)31-18-26-24-10-4-2-8-22(24)23-9-3-5-11-25(23)26/h2-5,8-15,26H,16-18H2,1H3,(H,28,30). The first-order valence-corrected chi connectivity index (χ1v) is 10.3. The predicted octanol–water partition coefficient (Wildman–Crippen LogP) is 4.71. The molecule has 4 rings (SSSR count). The molecule has 0 aromatic heterocycles. The van der Waals surface area contributed by atoms with E-state index in [0.29, 0.717) is 6.42 Å². The molecule has 1 N–H and O–H groups in total. The van der Waals surface area contributed by atoms with Crippen LogP contribution in [0.5, 0.6) is 0 Å². The molecule has 154 valence electrons. The van der Waals surface area contributed by atoms with Crippen molar-refractivity contribution in [2.75, 3.05) is 13.2 Å². The van der Waals surface area contributed by atoms with Crippen LogP contribution in [0.3, 0.4) is 0 Å². The number of hydrogen-bond acceptors (Lipinski definition) is 3. The second-order valence-electron chi connectivity index (χ2n) is 7.56. The molecule has 3 aromatic carbocycles. The molecule has 3 aromatic rings. The first-order valence-electron chi connectivity index (χ1n) is 10.3. The summed E-state index contributed by atoms with van der Waals surface area (Å²) in [5, 5.41) is 2.68. The Morgan fingerprint density at radius 1 is 0.903 bits per heavy atom. The molecule has 4 heteroatoms. The number of amides is 1. The summed E-state index contributed by atoms with van der Waals surface area (Å²) in [5.74, 6) is 6.09. The molecule has 31 heavy (non-hydrogen) atoms. The minimum Gasteiger partial charge on any atom is -0.449 e. The molecule has 0 saturated carbocycles. The number of alkyl carbamates (subject to hydrolysis) is 1. The minimum atomic E-state index is -0.479. The first-order chi connectivity index (χ1) is 15.1. The molecule has 0 spiro atoms. The lowest BCUT2D eigenvalue weighted by Crippen LogP contribution is -2.26. The van der Waals surface area contributed by atoms with Crippen molar-refractivity contribution in [3.8, 4) is 23.0 Å². The maximum Gasteiger partial charge on any atom is 0.407 e. The van der Waals surface area contributed by atoms with Crippen LogP contribution in [0.25, 0.3) is 11.1 Å². The van der Waals surface area contributed by atoms with E-state index in [9.17, 15) is 9.59 Å². The number of carbonyl (C=O) groups is 2. The lowest BCUT2D eigenvalue weighted by atomic mass is 9.98. The third-order valence-corrected chi connectivity index (χ3v) is 5.30. The van der Waals surface area contributed by atoms with Gasteiger partial charge in [0, 0.05) is 17.9 Å². The van der Waals surface area contributed by atoms with Crippen molar-refractivity contribution in [1.82, 2.24) is 5.32 Å². The molecular formula is C27H23NO3. The second kappa shape index (κ2) is 9.32. The summed E-state index contributed by atoms with van der Waals surface area (Å²) in [6.07, 6.45) is -0.0511. The molecular weight excluding hydrogens is 386 g/mol. The number of benzene rings is 3. The highest BCUT2D eigenvalue weighted by molar-refractivity contribution is 5.79. The Hall–Kier alpha value is -3.84. The van der Waals surface area contributed by atoms with Gasteiger partial charge in [-0.2, -0.15) is 0 Å². The predicted molar refractivity (Wildman–Crippen MR) is 121 cm³/mol. The molecule has 0 radical (unpaired) electrons. The Kier molecular flexibility index (Phi) is 6.14. The normalized spacial score (nSPS) is 11.6. The summed E-state index contributed by atoms with van der Waals surface area (Å²) in [7, 11) is 0. The lowest BCUT2D eigenvalue weighted by Gasteiger charge is -2.14. The van der Waals surface area contributed by atoms with E-state index in [2.05, 4.69) is 41.4 Å². The number of carbonyl (C=O) groups excluding carboxylic acids is 2. The average molecular weight is 409 g/mol. The van der Waals surface area contributed by atoms with Gasteiger partial charge in [-0.3, -0.25) is 4.79 Å². The zero-order valence-electron chi connectivity index (χ0n) is 17.4. The van der Waals surface area contributed by atoms with Crippen LogP contribution in [0.15, 0.2) is 72.8 Å². The first kappa shape index (κ1) is 20.4. The third kappa shape index (κ3) is 4.84. The van der Waals surface area contributed by atoms with Crippen molar-refractivity contribution in [3.63, 3.8) is 0 Å². The van der Waals surface area contributed by atoms with E-state index >= 15 is 0 Å². The smallest absolute Gasteiger partial charge is 0.407 e. The fourth-order valence-electron chi connectivity index (χ4n) is 3.91. The fourth-order valence-corrected chi connectivity index (χ4v) is 3.91. The quantitative estimate of drug-likeness (QED) is 0.621. The molecule has 4 nitrogen and oxygen atoms in total. The van der Waals surface area contributed by atoms with E-state index < -0.39 is 6.09 Å². The van der Waals surface area contributed by atoms with Gasteiger partial charge in [0.15, 0.2) is 0 Å². The molecule has 0 unspecified atom stereocenters. The van der Waals surface area contributed by atoms with E-state index in [-0.39, 0.29) is 24.9 Å². The Balaban J connectivity index is 1.30. The topological polar surface area (TPSA) is 55.4 Å². The number of rotatable bonds is 5. The van der Waals surface area contributed by atoms with Gasteiger partial charge in [0.2, 0.25) is 0 Å². The molecule has 1 aliphatic carbocycles. The molecule has 1 amide bonds. The monoisotopic (exact) mass is 409 g/mol. The fraction of sp³-hybridized carbons (Fsp3) is 0.185. The molecule has 0 bridgehead atoms. The number of hydrogen-bond donors (Lipinski definition) is 1. The van der Waals surface area contributed by atoms with Gasteiger partial charge in [0.05, 0.1) is 6.54 Å². The number of Topliss-reactive ketones (excluding diaryl/α,β-unsaturated/α-hetero) is 1. The molecule has 0 atom stereocenters. The van der Waals surface area contributed by atoms with Crippen LogP contribution >= 0.6 is 0 Å². The number of fused-ring (bicyclic) bond motifs is 3. The Morgan fingerprint density at radius 3 is 2.13 bits per heavy atom. The summed E-state index contributed by atoms with van der Waals surface area (Å²) >= 11 is 0. The number of ketones is 1. The molecule has 0 heterocycles. The Morgan fingerprint density at radius 2 is 1.52 bits per heavy atom. The van der Waals surface area contributed by atoms with Crippen LogP contribution in [0, 0.1) is 11.8 Å². The highest BCUT2D eigenvalue weighted by Gasteiger charge is 2.28. The molecule has 0 fully saturated rings. The van der Waals surface area contributed by atoms with Gasteiger partial charge in [-0.15, -0.1) is 0 Å². The van der Waals surface area contributed by atoms with E-state index in [1.807, 2.05) is 48.5 Å². The van der Waals surface area contributed by atoms with Gasteiger partial charge in [-0.1, -0.05) is 72.5 Å². The highest BCUT2D eigenvalue weighted by Crippen LogP contribution is 2.44. The SMILES string of the molecule is CC(=O)Cc1ccc(C#CCNC(=O)OCC2c3ccccc3-c3ccccc32)cc1. The van der Waals surface area contributed by atoms with Crippen LogP contribution in [0.1, 0.15) is 35.1 Å². The zero-order chi connectivity index (χ0) is 21.6. The van der Waals surface area contributed by atoms with Crippen LogP contribution in [0.2, 0.25) is 0 Å². The summed E-state index contributed by atoms with van der Waals surface area (Å²) in [6, 6.07) is 24.0. The van der Waals surface area contributed by atoms with Gasteiger partial charge in [-0.25, -0.2) is 4.79 Å². The van der Waals surface area contributed by atoms with Gasteiger partial charge in [0.1, 0.15) is 12.4 Å². The summed E-state index contributed by atoms with van der Waals surface area (Å²) < 4.78 is 5.49. The summed E-state index contributed by atoms with van der Waals surface area (Å²) in [6.45, 7) is 2.06. The van der Waals surface area contributed by atoms with Gasteiger partial charge >= 0.3 is 6.09 Å². The van der Waals surface area contributed by atoms with Crippen molar-refractivity contribution in [1.29, 1.82) is 0 Å². The molecule has 0 saturated heterocycles. The molecule has 1 aliphatic rings. The Labute approximate surface area is 182 Å². The maximum atomic E-state index is 12.1. The third-order valence-electron chi connectivity index (χ3n) is 5.30. The number of nitrogens with one attached hydrogen (secondary N) is 1. The van der Waals surface area contributed by atoms with Crippen LogP contribution in [0.4, 0.5) is 4.79 Å². The van der Waals surface area contributed by atoms with Crippen molar-refractivity contribution in [2.45, 2.75) is 19.3 Å².